The highest BCUT2D eigenvalue weighted by Gasteiger charge is 2.26. The van der Waals surface area contributed by atoms with Gasteiger partial charge in [-0.1, -0.05) is 6.07 Å². The first kappa shape index (κ1) is 23.0. The topological polar surface area (TPSA) is 44.6 Å². The maximum Gasteiger partial charge on any atom is 0.222 e. The molecule has 174 valence electrons. The van der Waals surface area contributed by atoms with Gasteiger partial charge in [0, 0.05) is 45.0 Å². The van der Waals surface area contributed by atoms with Gasteiger partial charge in [0.25, 0.3) is 0 Å². The number of hydrogen-bond acceptors (Lipinski definition) is 4. The summed E-state index contributed by atoms with van der Waals surface area (Å²) in [4.78, 5) is 19.8. The van der Waals surface area contributed by atoms with Crippen LogP contribution in [0.15, 0.2) is 36.7 Å². The Bertz CT molecular complexity index is 872. The van der Waals surface area contributed by atoms with E-state index >= 15 is 0 Å². The summed E-state index contributed by atoms with van der Waals surface area (Å²) in [5, 5.41) is 4.34. The monoisotopic (exact) mass is 437 g/mol. The molecule has 1 aromatic heterocycles. The molecule has 0 aliphatic carbocycles. The Morgan fingerprint density at radius 2 is 2.00 bits per heavy atom. The SMILES string of the molecule is Cc1cc(-n2cccn2)ccc1CN1CCC[C@H](CCC(=O)N(C)C2CCN(C)CC2)C1. The zero-order valence-corrected chi connectivity index (χ0v) is 20.0. The number of likely N-dealkylation sites (tertiary alicyclic amines) is 2. The molecule has 1 atom stereocenters. The van der Waals surface area contributed by atoms with Crippen molar-refractivity contribution in [3.63, 3.8) is 0 Å². The Morgan fingerprint density at radius 1 is 1.19 bits per heavy atom. The quantitative estimate of drug-likeness (QED) is 0.662. The molecule has 0 saturated carbocycles. The third-order valence-electron chi connectivity index (χ3n) is 7.49. The summed E-state index contributed by atoms with van der Waals surface area (Å²) in [6.07, 6.45) is 10.2. The van der Waals surface area contributed by atoms with Crippen molar-refractivity contribution in [1.29, 1.82) is 0 Å². The number of amides is 1. The number of aromatic nitrogens is 2. The largest absolute Gasteiger partial charge is 0.343 e. The van der Waals surface area contributed by atoms with Gasteiger partial charge in [-0.15, -0.1) is 0 Å². The number of carbonyl (C=O) groups excluding carboxylic acids is 1. The number of piperidine rings is 2. The molecule has 32 heavy (non-hydrogen) atoms. The molecule has 2 aliphatic heterocycles. The Balaban J connectivity index is 1.26. The van der Waals surface area contributed by atoms with E-state index in [2.05, 4.69) is 47.1 Å². The van der Waals surface area contributed by atoms with E-state index in [4.69, 9.17) is 0 Å². The van der Waals surface area contributed by atoms with E-state index in [0.29, 0.717) is 24.3 Å². The fourth-order valence-corrected chi connectivity index (χ4v) is 5.28. The molecule has 4 rings (SSSR count). The fraction of sp³-hybridized carbons (Fsp3) is 0.615. The van der Waals surface area contributed by atoms with E-state index < -0.39 is 0 Å². The van der Waals surface area contributed by atoms with Crippen LogP contribution >= 0.6 is 0 Å². The van der Waals surface area contributed by atoms with Gasteiger partial charge in [-0.05, 0) is 101 Å². The molecule has 0 unspecified atom stereocenters. The van der Waals surface area contributed by atoms with Crippen molar-refractivity contribution in [2.75, 3.05) is 40.3 Å². The summed E-state index contributed by atoms with van der Waals surface area (Å²) in [6, 6.07) is 9.01. The number of hydrogen-bond donors (Lipinski definition) is 0. The number of aryl methyl sites for hydroxylation is 1. The average Bonchev–Trinajstić information content (AvgIpc) is 3.34. The average molecular weight is 438 g/mol. The molecule has 2 aliphatic rings. The Hall–Kier alpha value is -2.18. The van der Waals surface area contributed by atoms with Gasteiger partial charge in [-0.3, -0.25) is 9.69 Å². The van der Waals surface area contributed by atoms with Crippen LogP contribution in [0.4, 0.5) is 0 Å². The standard InChI is InChI=1S/C26H39N5O/c1-21-18-25(31-15-5-13-27-31)9-8-23(21)20-30-14-4-6-22(19-30)7-10-26(32)29(3)24-11-16-28(2)17-12-24/h5,8-9,13,15,18,22,24H,4,6-7,10-12,14,16-17,19-20H2,1-3H3/t22-/m1/s1. The maximum atomic E-state index is 12.8. The van der Waals surface area contributed by atoms with Crippen LogP contribution in [0.2, 0.25) is 0 Å². The van der Waals surface area contributed by atoms with Crippen molar-refractivity contribution in [2.24, 2.45) is 5.92 Å². The second-order valence-corrected chi connectivity index (χ2v) is 9.88. The van der Waals surface area contributed by atoms with Gasteiger partial charge in [0.1, 0.15) is 0 Å². The lowest BCUT2D eigenvalue weighted by atomic mass is 9.92. The first-order valence-corrected chi connectivity index (χ1v) is 12.3. The number of rotatable bonds is 7. The minimum absolute atomic E-state index is 0.335. The second-order valence-electron chi connectivity index (χ2n) is 9.88. The highest BCUT2D eigenvalue weighted by Crippen LogP contribution is 2.25. The van der Waals surface area contributed by atoms with Gasteiger partial charge < -0.3 is 9.80 Å². The minimum Gasteiger partial charge on any atom is -0.343 e. The van der Waals surface area contributed by atoms with Crippen LogP contribution < -0.4 is 0 Å². The summed E-state index contributed by atoms with van der Waals surface area (Å²) in [6.45, 7) is 7.64. The van der Waals surface area contributed by atoms with E-state index in [-0.39, 0.29) is 0 Å². The first-order chi connectivity index (χ1) is 15.5. The lowest BCUT2D eigenvalue weighted by Crippen LogP contribution is -2.44. The molecule has 0 bridgehead atoms. The molecular weight excluding hydrogens is 398 g/mol. The number of nitrogens with zero attached hydrogens (tertiary/aromatic N) is 5. The predicted octanol–water partition coefficient (Wildman–Crippen LogP) is 3.73. The molecule has 1 amide bonds. The molecular formula is C26H39N5O. The fourth-order valence-electron chi connectivity index (χ4n) is 5.28. The molecule has 1 aromatic carbocycles. The van der Waals surface area contributed by atoms with Crippen LogP contribution in [0.3, 0.4) is 0 Å². The van der Waals surface area contributed by atoms with Crippen molar-refractivity contribution in [3.05, 3.63) is 47.8 Å². The van der Waals surface area contributed by atoms with Gasteiger partial charge in [0.15, 0.2) is 0 Å². The van der Waals surface area contributed by atoms with E-state index in [1.807, 2.05) is 35.1 Å². The Labute approximate surface area is 193 Å². The Morgan fingerprint density at radius 3 is 2.72 bits per heavy atom. The van der Waals surface area contributed by atoms with Crippen LogP contribution in [0.1, 0.15) is 49.7 Å². The number of carbonyl (C=O) groups is 1. The van der Waals surface area contributed by atoms with E-state index in [1.54, 1.807) is 0 Å². The molecule has 3 heterocycles. The molecule has 2 saturated heterocycles. The third-order valence-corrected chi connectivity index (χ3v) is 7.49. The lowest BCUT2D eigenvalue weighted by molar-refractivity contribution is -0.133. The van der Waals surface area contributed by atoms with E-state index in [1.165, 1.54) is 24.0 Å². The van der Waals surface area contributed by atoms with Gasteiger partial charge in [-0.2, -0.15) is 5.10 Å². The van der Waals surface area contributed by atoms with Crippen LogP contribution in [0.25, 0.3) is 5.69 Å². The molecule has 2 aromatic rings. The van der Waals surface area contributed by atoms with Crippen molar-refractivity contribution in [3.8, 4) is 5.69 Å². The van der Waals surface area contributed by atoms with Crippen molar-refractivity contribution in [1.82, 2.24) is 24.5 Å². The van der Waals surface area contributed by atoms with Gasteiger partial charge in [0.2, 0.25) is 5.91 Å². The predicted molar refractivity (Wildman–Crippen MR) is 129 cm³/mol. The van der Waals surface area contributed by atoms with Crippen LogP contribution in [0, 0.1) is 12.8 Å². The van der Waals surface area contributed by atoms with Crippen molar-refractivity contribution >= 4 is 5.91 Å². The zero-order valence-electron chi connectivity index (χ0n) is 20.0. The van der Waals surface area contributed by atoms with Crippen molar-refractivity contribution in [2.45, 2.75) is 58.0 Å². The molecule has 0 N–H and O–H groups in total. The normalized spacial score (nSPS) is 21.0. The Kier molecular flexibility index (Phi) is 7.63. The van der Waals surface area contributed by atoms with Crippen LogP contribution in [-0.2, 0) is 11.3 Å². The molecule has 2 fully saturated rings. The maximum absolute atomic E-state index is 12.8. The van der Waals surface area contributed by atoms with Gasteiger partial charge >= 0.3 is 0 Å². The molecule has 0 spiro atoms. The minimum atomic E-state index is 0.335. The highest BCUT2D eigenvalue weighted by molar-refractivity contribution is 5.76. The molecule has 6 heteroatoms. The number of benzene rings is 1. The third kappa shape index (κ3) is 5.78. The van der Waals surface area contributed by atoms with Gasteiger partial charge in [0.05, 0.1) is 5.69 Å². The van der Waals surface area contributed by atoms with Crippen molar-refractivity contribution < 1.29 is 4.79 Å². The highest BCUT2D eigenvalue weighted by atomic mass is 16.2. The lowest BCUT2D eigenvalue weighted by Gasteiger charge is -2.36. The van der Waals surface area contributed by atoms with Crippen LogP contribution in [-0.4, -0.2) is 76.7 Å². The summed E-state index contributed by atoms with van der Waals surface area (Å²) in [5.74, 6) is 0.962. The summed E-state index contributed by atoms with van der Waals surface area (Å²) in [5.41, 5.74) is 3.81. The van der Waals surface area contributed by atoms with Gasteiger partial charge in [-0.25, -0.2) is 4.68 Å². The second kappa shape index (κ2) is 10.6. The van der Waals surface area contributed by atoms with Crippen LogP contribution in [0.5, 0.6) is 0 Å². The molecule has 0 radical (unpaired) electrons. The van der Waals surface area contributed by atoms with E-state index in [9.17, 15) is 4.79 Å². The molecule has 6 nitrogen and oxygen atoms in total. The zero-order chi connectivity index (χ0) is 22.5. The summed E-state index contributed by atoms with van der Waals surface area (Å²) >= 11 is 0. The summed E-state index contributed by atoms with van der Waals surface area (Å²) in [7, 11) is 4.18. The smallest absolute Gasteiger partial charge is 0.222 e. The summed E-state index contributed by atoms with van der Waals surface area (Å²) < 4.78 is 1.91. The first-order valence-electron chi connectivity index (χ1n) is 12.3. The van der Waals surface area contributed by atoms with E-state index in [0.717, 1.165) is 57.7 Å².